The number of hydrogen-bond acceptors (Lipinski definition) is 6. The van der Waals surface area contributed by atoms with Crippen LogP contribution in [0.2, 0.25) is 0 Å². The van der Waals surface area contributed by atoms with E-state index < -0.39 is 33.5 Å². The lowest BCUT2D eigenvalue weighted by Gasteiger charge is -2.23. The van der Waals surface area contributed by atoms with Gasteiger partial charge in [0.2, 0.25) is 5.78 Å². The van der Waals surface area contributed by atoms with Gasteiger partial charge in [-0.3, -0.25) is 19.7 Å². The molecule has 0 aromatic heterocycles. The predicted molar refractivity (Wildman–Crippen MR) is 146 cm³/mol. The molecule has 0 radical (unpaired) electrons. The van der Waals surface area contributed by atoms with Gasteiger partial charge in [-0.25, -0.2) is 4.79 Å². The zero-order valence-electron chi connectivity index (χ0n) is 19.8. The Morgan fingerprint density at radius 2 is 1.39 bits per heavy atom. The van der Waals surface area contributed by atoms with Crippen molar-refractivity contribution < 1.29 is 24.0 Å². The quantitative estimate of drug-likeness (QED) is 0.0816. The van der Waals surface area contributed by atoms with Crippen LogP contribution in [0.3, 0.4) is 0 Å². The summed E-state index contributed by atoms with van der Waals surface area (Å²) >= 11 is 3.43. The van der Waals surface area contributed by atoms with Crippen molar-refractivity contribution in [2.24, 2.45) is 0 Å². The Hall–Kier alpha value is -4.63. The van der Waals surface area contributed by atoms with Crippen molar-refractivity contribution >= 4 is 45.0 Å². The number of ketones is 1. The van der Waals surface area contributed by atoms with Crippen LogP contribution in [0, 0.1) is 10.1 Å². The van der Waals surface area contributed by atoms with Crippen molar-refractivity contribution in [2.45, 2.75) is 10.9 Å². The second-order valence-electron chi connectivity index (χ2n) is 8.18. The number of ether oxygens (including phenoxy) is 1. The van der Waals surface area contributed by atoms with Crippen LogP contribution in [0.5, 0.6) is 0 Å². The molecule has 0 aliphatic rings. The summed E-state index contributed by atoms with van der Waals surface area (Å²) in [7, 11) is 0. The SMILES string of the molecule is O=C(Nc1ccccc1C(=O)O[C@H](C(=O)c1ccccc1)[C@@H](Br)c1cccc([N+](=O)[O-])c1)c1ccccc1. The third-order valence-corrected chi connectivity index (χ3v) is 6.66. The van der Waals surface area contributed by atoms with Crippen molar-refractivity contribution in [1.82, 2.24) is 0 Å². The second kappa shape index (κ2) is 12.1. The first-order chi connectivity index (χ1) is 18.3. The molecular weight excluding hydrogens is 552 g/mol. The van der Waals surface area contributed by atoms with E-state index >= 15 is 0 Å². The summed E-state index contributed by atoms with van der Waals surface area (Å²) < 4.78 is 5.74. The third kappa shape index (κ3) is 6.19. The maximum atomic E-state index is 13.5. The molecule has 1 amide bonds. The van der Waals surface area contributed by atoms with E-state index in [0.29, 0.717) is 16.7 Å². The molecule has 4 aromatic carbocycles. The van der Waals surface area contributed by atoms with Gasteiger partial charge in [-0.05, 0) is 29.8 Å². The van der Waals surface area contributed by atoms with Crippen LogP contribution >= 0.6 is 15.9 Å². The number of para-hydroxylation sites is 1. The first-order valence-corrected chi connectivity index (χ1v) is 12.4. The number of alkyl halides is 1. The van der Waals surface area contributed by atoms with Crippen LogP contribution in [-0.4, -0.2) is 28.7 Å². The van der Waals surface area contributed by atoms with Gasteiger partial charge in [0, 0.05) is 23.3 Å². The number of carbonyl (C=O) groups excluding carboxylic acids is 3. The fraction of sp³-hybridized carbons (Fsp3) is 0.0690. The molecular formula is C29H21BrN2O6. The van der Waals surface area contributed by atoms with Gasteiger partial charge in [0.15, 0.2) is 6.10 Å². The molecule has 0 aliphatic carbocycles. The fourth-order valence-corrected chi connectivity index (χ4v) is 4.36. The van der Waals surface area contributed by atoms with E-state index in [9.17, 15) is 24.5 Å². The number of amides is 1. The summed E-state index contributed by atoms with van der Waals surface area (Å²) in [5.41, 5.74) is 1.16. The highest BCUT2D eigenvalue weighted by Crippen LogP contribution is 2.33. The number of halogens is 1. The van der Waals surface area contributed by atoms with Crippen molar-refractivity contribution in [3.8, 4) is 0 Å². The van der Waals surface area contributed by atoms with Gasteiger partial charge in [-0.1, -0.05) is 88.7 Å². The molecule has 4 aromatic rings. The minimum atomic E-state index is -1.37. The summed E-state index contributed by atoms with van der Waals surface area (Å²) in [4.78, 5) is 49.4. The normalized spacial score (nSPS) is 12.1. The molecule has 0 aliphatic heterocycles. The topological polar surface area (TPSA) is 116 Å². The van der Waals surface area contributed by atoms with Gasteiger partial charge >= 0.3 is 5.97 Å². The number of non-ortho nitro benzene ring substituents is 1. The molecule has 0 spiro atoms. The number of hydrogen-bond donors (Lipinski definition) is 1. The molecule has 4 rings (SSSR count). The first-order valence-electron chi connectivity index (χ1n) is 11.5. The van der Waals surface area contributed by atoms with E-state index in [1.165, 1.54) is 24.3 Å². The van der Waals surface area contributed by atoms with Gasteiger partial charge < -0.3 is 10.1 Å². The second-order valence-corrected chi connectivity index (χ2v) is 9.16. The van der Waals surface area contributed by atoms with Crippen LogP contribution in [0.15, 0.2) is 109 Å². The maximum Gasteiger partial charge on any atom is 0.341 e. The number of carbonyl (C=O) groups is 3. The molecule has 0 saturated heterocycles. The molecule has 0 unspecified atom stereocenters. The third-order valence-electron chi connectivity index (χ3n) is 5.65. The van der Waals surface area contributed by atoms with Crippen molar-refractivity contribution in [3.63, 3.8) is 0 Å². The van der Waals surface area contributed by atoms with Crippen molar-refractivity contribution in [2.75, 3.05) is 5.32 Å². The Morgan fingerprint density at radius 3 is 2.05 bits per heavy atom. The number of rotatable bonds is 9. The highest BCUT2D eigenvalue weighted by molar-refractivity contribution is 9.09. The lowest BCUT2D eigenvalue weighted by Crippen LogP contribution is -2.31. The predicted octanol–water partition coefficient (Wildman–Crippen LogP) is 6.39. The van der Waals surface area contributed by atoms with Gasteiger partial charge in [0.25, 0.3) is 11.6 Å². The van der Waals surface area contributed by atoms with Gasteiger partial charge in [0.1, 0.15) is 0 Å². The molecule has 1 N–H and O–H groups in total. The molecule has 8 nitrogen and oxygen atoms in total. The van der Waals surface area contributed by atoms with Crippen LogP contribution in [0.25, 0.3) is 0 Å². The number of benzene rings is 4. The average molecular weight is 573 g/mol. The van der Waals surface area contributed by atoms with E-state index in [-0.39, 0.29) is 16.9 Å². The van der Waals surface area contributed by atoms with E-state index in [2.05, 4.69) is 21.2 Å². The maximum absolute atomic E-state index is 13.5. The average Bonchev–Trinajstić information content (AvgIpc) is 2.96. The van der Waals surface area contributed by atoms with E-state index in [1.807, 2.05) is 0 Å². The molecule has 0 bridgehead atoms. The summed E-state index contributed by atoms with van der Waals surface area (Å²) in [5.74, 6) is -1.77. The minimum absolute atomic E-state index is 0.0429. The Balaban J connectivity index is 1.65. The number of anilines is 1. The highest BCUT2D eigenvalue weighted by Gasteiger charge is 2.34. The summed E-state index contributed by atoms with van der Waals surface area (Å²) in [6, 6.07) is 28.8. The fourth-order valence-electron chi connectivity index (χ4n) is 3.73. The molecule has 2 atom stereocenters. The molecule has 38 heavy (non-hydrogen) atoms. The number of nitro benzene ring substituents is 1. The van der Waals surface area contributed by atoms with Gasteiger partial charge in [-0.2, -0.15) is 0 Å². The first kappa shape index (κ1) is 26.4. The summed E-state index contributed by atoms with van der Waals surface area (Å²) in [6.45, 7) is 0. The van der Waals surface area contributed by atoms with E-state index in [4.69, 9.17) is 4.74 Å². The number of nitrogens with zero attached hydrogens (tertiary/aromatic N) is 1. The molecule has 0 heterocycles. The molecule has 190 valence electrons. The number of nitrogens with one attached hydrogen (secondary N) is 1. The van der Waals surface area contributed by atoms with Crippen molar-refractivity contribution in [3.05, 3.63) is 142 Å². The van der Waals surface area contributed by atoms with Crippen LogP contribution < -0.4 is 5.32 Å². The Morgan fingerprint density at radius 1 is 0.789 bits per heavy atom. The van der Waals surface area contributed by atoms with Crippen molar-refractivity contribution in [1.29, 1.82) is 0 Å². The smallest absolute Gasteiger partial charge is 0.341 e. The van der Waals surface area contributed by atoms with Crippen LogP contribution in [0.1, 0.15) is 41.5 Å². The monoisotopic (exact) mass is 572 g/mol. The molecule has 0 fully saturated rings. The molecule has 0 saturated carbocycles. The largest absolute Gasteiger partial charge is 0.449 e. The zero-order chi connectivity index (χ0) is 27.1. The number of Topliss-reactive ketones (excluding diaryl/α,β-unsaturated/α-hetero) is 1. The van der Waals surface area contributed by atoms with E-state index in [1.54, 1.807) is 84.9 Å². The Bertz CT molecular complexity index is 1480. The highest BCUT2D eigenvalue weighted by atomic mass is 79.9. The lowest BCUT2D eigenvalue weighted by atomic mass is 9.99. The van der Waals surface area contributed by atoms with Crippen LogP contribution in [0.4, 0.5) is 11.4 Å². The summed E-state index contributed by atoms with van der Waals surface area (Å²) in [6.07, 6.45) is -1.37. The molecule has 9 heteroatoms. The van der Waals surface area contributed by atoms with Gasteiger partial charge in [0.05, 0.1) is 21.0 Å². The Labute approximate surface area is 226 Å². The zero-order valence-corrected chi connectivity index (χ0v) is 21.4. The minimum Gasteiger partial charge on any atom is -0.449 e. The van der Waals surface area contributed by atoms with Gasteiger partial charge in [-0.15, -0.1) is 0 Å². The van der Waals surface area contributed by atoms with Crippen LogP contribution in [-0.2, 0) is 4.74 Å². The Kier molecular flexibility index (Phi) is 8.40. The number of esters is 1. The number of nitro groups is 1. The summed E-state index contributed by atoms with van der Waals surface area (Å²) in [5, 5.41) is 14.0. The van der Waals surface area contributed by atoms with E-state index in [0.717, 1.165) is 0 Å². The standard InChI is InChI=1S/C29H21BrN2O6/c30-25(21-14-9-15-22(18-21)32(36)37)27(26(33)19-10-3-1-4-11-19)38-29(35)23-16-7-8-17-24(23)31-28(34)20-12-5-2-6-13-20/h1-18,25,27H,(H,31,34)/t25-,27-/m0/s1. The lowest BCUT2D eigenvalue weighted by molar-refractivity contribution is -0.384.